The first-order valence-electron chi connectivity index (χ1n) is 10.3. The summed E-state index contributed by atoms with van der Waals surface area (Å²) in [6.07, 6.45) is 9.34. The molecule has 8 heteroatoms. The number of aromatic nitrogens is 2. The first-order valence-corrected chi connectivity index (χ1v) is 10.3. The van der Waals surface area contributed by atoms with E-state index in [1.807, 2.05) is 6.92 Å². The summed E-state index contributed by atoms with van der Waals surface area (Å²) >= 11 is 0. The van der Waals surface area contributed by atoms with Crippen molar-refractivity contribution in [2.45, 2.75) is 45.8 Å². The van der Waals surface area contributed by atoms with Gasteiger partial charge in [0.05, 0.1) is 11.3 Å². The third-order valence-corrected chi connectivity index (χ3v) is 5.10. The Bertz CT molecular complexity index is 1150. The first kappa shape index (κ1) is 23.2. The number of benzene rings is 1. The van der Waals surface area contributed by atoms with Gasteiger partial charge in [0.15, 0.2) is 11.4 Å². The molecule has 3 rings (SSSR count). The quantitative estimate of drug-likeness (QED) is 0.392. The predicted molar refractivity (Wildman–Crippen MR) is 116 cm³/mol. The molecule has 0 saturated heterocycles. The Kier molecular flexibility index (Phi) is 7.44. The summed E-state index contributed by atoms with van der Waals surface area (Å²) in [6, 6.07) is 5.02. The molecule has 6 nitrogen and oxygen atoms in total. The number of carbonyl (C=O) groups is 1. The molecule has 3 aromatic rings. The molecule has 1 amide bonds. The number of unbranched alkanes of at least 4 members (excludes halogenated alkanes) is 1. The van der Waals surface area contributed by atoms with Crippen LogP contribution in [0.1, 0.15) is 53.5 Å². The largest absolute Gasteiger partial charge is 0.485 e. The van der Waals surface area contributed by atoms with Crippen molar-refractivity contribution in [3.8, 4) is 18.1 Å². The predicted octanol–water partition coefficient (Wildman–Crippen LogP) is 3.76. The molecule has 0 spiro atoms. The molecule has 1 aromatic carbocycles. The van der Waals surface area contributed by atoms with E-state index in [0.717, 1.165) is 25.0 Å². The fraction of sp³-hybridized carbons (Fsp3) is 0.333. The Morgan fingerprint density at radius 1 is 1.34 bits per heavy atom. The van der Waals surface area contributed by atoms with Gasteiger partial charge in [0, 0.05) is 30.5 Å². The van der Waals surface area contributed by atoms with Crippen LogP contribution in [-0.2, 0) is 6.61 Å². The van der Waals surface area contributed by atoms with Gasteiger partial charge in [-0.15, -0.1) is 6.42 Å². The Labute approximate surface area is 185 Å². The molecule has 0 saturated carbocycles. The van der Waals surface area contributed by atoms with Crippen LogP contribution >= 0.6 is 0 Å². The van der Waals surface area contributed by atoms with Crippen LogP contribution in [0.5, 0.6) is 5.75 Å². The third kappa shape index (κ3) is 5.06. The van der Waals surface area contributed by atoms with Crippen molar-refractivity contribution in [3.05, 3.63) is 64.6 Å². The Morgan fingerprint density at radius 3 is 2.72 bits per heavy atom. The molecule has 0 aliphatic heterocycles. The van der Waals surface area contributed by atoms with E-state index >= 15 is 0 Å². The van der Waals surface area contributed by atoms with E-state index in [9.17, 15) is 13.6 Å². The number of aliphatic hydroxyl groups excluding tert-OH is 1. The number of nitrogens with zero attached hydrogens (tertiary/aromatic N) is 2. The average Bonchev–Trinajstić information content (AvgIpc) is 3.09. The molecule has 0 unspecified atom stereocenters. The summed E-state index contributed by atoms with van der Waals surface area (Å²) in [4.78, 5) is 17.4. The molecular weight excluding hydrogens is 416 g/mol. The van der Waals surface area contributed by atoms with E-state index in [4.69, 9.17) is 16.3 Å². The van der Waals surface area contributed by atoms with Crippen molar-refractivity contribution in [2.75, 3.05) is 6.61 Å². The number of hydrogen-bond acceptors (Lipinski definition) is 4. The average molecular weight is 441 g/mol. The number of terminal acetylenes is 1. The standard InChI is InChI=1S/C24H25F2N3O3/c1-4-17-12-21(32-14-18-19(25)9-7-10-20(18)26)23-28-16(3)22(29(23)13-17)24(31)27-15(2)8-5-6-11-30/h1,7,9-10,12-13,15,30H,5-6,8,11,14H2,2-3H3,(H,27,31)/t15-/m1/s1. The van der Waals surface area contributed by atoms with Gasteiger partial charge in [0.25, 0.3) is 5.91 Å². The lowest BCUT2D eigenvalue weighted by molar-refractivity contribution is 0.0931. The maximum absolute atomic E-state index is 14.0. The number of fused-ring (bicyclic) bond motifs is 1. The molecular formula is C24H25F2N3O3. The zero-order valence-electron chi connectivity index (χ0n) is 18.0. The van der Waals surface area contributed by atoms with Crippen LogP contribution in [0.4, 0.5) is 8.78 Å². The smallest absolute Gasteiger partial charge is 0.270 e. The normalized spacial score (nSPS) is 11.9. The van der Waals surface area contributed by atoms with E-state index < -0.39 is 11.6 Å². The van der Waals surface area contributed by atoms with Crippen LogP contribution in [0.15, 0.2) is 30.5 Å². The third-order valence-electron chi connectivity index (χ3n) is 5.10. The van der Waals surface area contributed by atoms with Crippen LogP contribution in [0.2, 0.25) is 0 Å². The van der Waals surface area contributed by atoms with E-state index in [-0.39, 0.29) is 36.5 Å². The second-order valence-corrected chi connectivity index (χ2v) is 7.56. The van der Waals surface area contributed by atoms with Gasteiger partial charge < -0.3 is 15.2 Å². The molecule has 0 bridgehead atoms. The monoisotopic (exact) mass is 441 g/mol. The number of halogens is 2. The van der Waals surface area contributed by atoms with E-state index in [0.29, 0.717) is 29.0 Å². The van der Waals surface area contributed by atoms with Gasteiger partial charge in [-0.05, 0) is 45.2 Å². The Morgan fingerprint density at radius 2 is 2.06 bits per heavy atom. The lowest BCUT2D eigenvalue weighted by Crippen LogP contribution is -2.33. The van der Waals surface area contributed by atoms with Crippen molar-refractivity contribution in [1.82, 2.24) is 14.7 Å². The highest BCUT2D eigenvalue weighted by Crippen LogP contribution is 2.26. The summed E-state index contributed by atoms with van der Waals surface area (Å²) in [5, 5.41) is 11.9. The van der Waals surface area contributed by atoms with Crippen LogP contribution < -0.4 is 10.1 Å². The van der Waals surface area contributed by atoms with Crippen molar-refractivity contribution < 1.29 is 23.4 Å². The van der Waals surface area contributed by atoms with E-state index in [1.165, 1.54) is 10.5 Å². The fourth-order valence-corrected chi connectivity index (χ4v) is 3.43. The van der Waals surface area contributed by atoms with E-state index in [1.54, 1.807) is 19.2 Å². The number of carbonyl (C=O) groups excluding carboxylic acids is 1. The Balaban J connectivity index is 1.91. The highest BCUT2D eigenvalue weighted by Gasteiger charge is 2.21. The van der Waals surface area contributed by atoms with E-state index in [2.05, 4.69) is 16.2 Å². The lowest BCUT2D eigenvalue weighted by Gasteiger charge is -2.14. The first-order chi connectivity index (χ1) is 15.3. The maximum atomic E-state index is 14.0. The number of pyridine rings is 1. The molecule has 168 valence electrons. The molecule has 1 atom stereocenters. The van der Waals surface area contributed by atoms with Crippen LogP contribution in [0, 0.1) is 30.9 Å². The van der Waals surface area contributed by atoms with Gasteiger partial charge in [-0.1, -0.05) is 12.0 Å². The van der Waals surface area contributed by atoms with Gasteiger partial charge in [-0.25, -0.2) is 13.8 Å². The van der Waals surface area contributed by atoms with Gasteiger partial charge in [0.2, 0.25) is 0 Å². The number of aliphatic hydroxyl groups is 1. The number of nitrogens with one attached hydrogen (secondary N) is 1. The van der Waals surface area contributed by atoms with Crippen LogP contribution in [0.3, 0.4) is 0 Å². The summed E-state index contributed by atoms with van der Waals surface area (Å²) < 4.78 is 35.2. The fourth-order valence-electron chi connectivity index (χ4n) is 3.43. The maximum Gasteiger partial charge on any atom is 0.270 e. The zero-order chi connectivity index (χ0) is 23.3. The van der Waals surface area contributed by atoms with Gasteiger partial charge in [0.1, 0.15) is 23.9 Å². The van der Waals surface area contributed by atoms with Crippen molar-refractivity contribution in [1.29, 1.82) is 0 Å². The highest BCUT2D eigenvalue weighted by molar-refractivity contribution is 5.95. The molecule has 2 heterocycles. The lowest BCUT2D eigenvalue weighted by atomic mass is 10.1. The minimum absolute atomic E-state index is 0.102. The summed E-state index contributed by atoms with van der Waals surface area (Å²) in [6.45, 7) is 3.32. The van der Waals surface area contributed by atoms with Crippen LogP contribution in [0.25, 0.3) is 5.65 Å². The molecule has 0 aliphatic carbocycles. The second-order valence-electron chi connectivity index (χ2n) is 7.56. The van der Waals surface area contributed by atoms with Crippen molar-refractivity contribution >= 4 is 11.6 Å². The number of ether oxygens (including phenoxy) is 1. The molecule has 2 aromatic heterocycles. The number of amides is 1. The topological polar surface area (TPSA) is 75.9 Å². The van der Waals surface area contributed by atoms with Crippen LogP contribution in [-0.4, -0.2) is 33.0 Å². The minimum atomic E-state index is -0.719. The molecule has 32 heavy (non-hydrogen) atoms. The van der Waals surface area contributed by atoms with Gasteiger partial charge >= 0.3 is 0 Å². The van der Waals surface area contributed by atoms with Gasteiger partial charge in [-0.2, -0.15) is 0 Å². The second kappa shape index (κ2) is 10.2. The number of imidazole rings is 1. The number of aryl methyl sites for hydroxylation is 1. The van der Waals surface area contributed by atoms with Crippen molar-refractivity contribution in [2.24, 2.45) is 0 Å². The van der Waals surface area contributed by atoms with Gasteiger partial charge in [-0.3, -0.25) is 9.20 Å². The summed E-state index contributed by atoms with van der Waals surface area (Å²) in [5.74, 6) is 0.944. The summed E-state index contributed by atoms with van der Waals surface area (Å²) in [5.41, 5.74) is 1.28. The zero-order valence-corrected chi connectivity index (χ0v) is 18.0. The number of rotatable bonds is 9. The Hall–Kier alpha value is -3.44. The molecule has 0 aliphatic rings. The summed E-state index contributed by atoms with van der Waals surface area (Å²) in [7, 11) is 0. The molecule has 0 fully saturated rings. The molecule has 2 N–H and O–H groups in total. The molecule has 0 radical (unpaired) electrons. The highest BCUT2D eigenvalue weighted by atomic mass is 19.1. The minimum Gasteiger partial charge on any atom is -0.485 e. The SMILES string of the molecule is C#Cc1cc(OCc2c(F)cccc2F)c2nc(C)c(C(=O)N[C@H](C)CCCCO)n2c1. The number of hydrogen-bond donors (Lipinski definition) is 2. The van der Waals surface area contributed by atoms with Crippen molar-refractivity contribution in [3.63, 3.8) is 0 Å².